The summed E-state index contributed by atoms with van der Waals surface area (Å²) in [6.07, 6.45) is 13.2. The molecule has 0 bridgehead atoms. The number of nitrogens with zero attached hydrogens (tertiary/aromatic N) is 1. The van der Waals surface area contributed by atoms with Crippen LogP contribution in [-0.4, -0.2) is 64.3 Å². The minimum absolute atomic E-state index is 0.00329. The first-order valence-electron chi connectivity index (χ1n) is 12.7. The smallest absolute Gasteiger partial charge is 0.207 e. The van der Waals surface area contributed by atoms with Crippen LogP contribution >= 0.6 is 0 Å². The van der Waals surface area contributed by atoms with Gasteiger partial charge in [0.2, 0.25) is 5.70 Å². The zero-order valence-electron chi connectivity index (χ0n) is 21.2. The number of benzene rings is 1. The van der Waals surface area contributed by atoms with Crippen molar-refractivity contribution >= 4 is 6.21 Å². The fourth-order valence-electron chi connectivity index (χ4n) is 4.07. The number of aliphatic hydroxyl groups excluding tert-OH is 2. The van der Waals surface area contributed by atoms with Crippen LogP contribution in [0.25, 0.3) is 0 Å². The highest BCUT2D eigenvalue weighted by Gasteiger charge is 2.31. The van der Waals surface area contributed by atoms with E-state index in [0.29, 0.717) is 30.6 Å². The molecule has 5 N–H and O–H groups in total. The van der Waals surface area contributed by atoms with Crippen molar-refractivity contribution in [1.29, 1.82) is 0 Å². The summed E-state index contributed by atoms with van der Waals surface area (Å²) in [6, 6.07) is 5.36. The Labute approximate surface area is 209 Å². The lowest BCUT2D eigenvalue weighted by Crippen LogP contribution is -2.30. The average Bonchev–Trinajstić information content (AvgIpc) is 3.51. The van der Waals surface area contributed by atoms with Crippen molar-refractivity contribution in [2.45, 2.75) is 71.2 Å². The van der Waals surface area contributed by atoms with Crippen LogP contribution in [0.3, 0.4) is 0 Å². The Morgan fingerprint density at radius 2 is 2.09 bits per heavy atom. The van der Waals surface area contributed by atoms with E-state index in [-0.39, 0.29) is 24.4 Å². The number of phenolic OH excluding ortho intramolecular Hbond substituents is 1. The minimum Gasteiger partial charge on any atom is -0.504 e. The first kappa shape index (κ1) is 27.1. The maximum atomic E-state index is 10.6. The Balaban J connectivity index is 1.45. The second kappa shape index (κ2) is 13.6. The molecule has 7 nitrogen and oxygen atoms in total. The van der Waals surface area contributed by atoms with Crippen molar-refractivity contribution < 1.29 is 24.8 Å². The predicted molar refractivity (Wildman–Crippen MR) is 139 cm³/mol. The number of aryl methyl sites for hydroxylation is 1. The summed E-state index contributed by atoms with van der Waals surface area (Å²) in [5, 5.41) is 33.4. The molecule has 0 fully saturated rings. The Morgan fingerprint density at radius 1 is 1.26 bits per heavy atom. The largest absolute Gasteiger partial charge is 0.504 e. The fourth-order valence-corrected chi connectivity index (χ4v) is 4.07. The van der Waals surface area contributed by atoms with Crippen molar-refractivity contribution in [3.8, 4) is 11.5 Å². The lowest BCUT2D eigenvalue weighted by Gasteiger charge is -2.17. The van der Waals surface area contributed by atoms with E-state index in [9.17, 15) is 15.3 Å². The molecule has 0 spiro atoms. The van der Waals surface area contributed by atoms with Crippen LogP contribution in [0.5, 0.6) is 11.5 Å². The zero-order valence-corrected chi connectivity index (χ0v) is 21.2. The van der Waals surface area contributed by atoms with Crippen molar-refractivity contribution in [3.05, 3.63) is 59.7 Å². The highest BCUT2D eigenvalue weighted by atomic mass is 16.5. The number of nitrogens with one attached hydrogen (secondary N) is 1. The van der Waals surface area contributed by atoms with E-state index >= 15 is 0 Å². The molecule has 0 aromatic heterocycles. The number of hydrogen-bond donors (Lipinski definition) is 4. The van der Waals surface area contributed by atoms with Gasteiger partial charge in [0.05, 0.1) is 18.1 Å². The molecule has 1 aromatic carbocycles. The van der Waals surface area contributed by atoms with Gasteiger partial charge in [0, 0.05) is 19.5 Å². The number of aromatic hydroxyl groups is 1. The molecule has 192 valence electrons. The van der Waals surface area contributed by atoms with Crippen LogP contribution < -0.4 is 10.1 Å². The summed E-state index contributed by atoms with van der Waals surface area (Å²) in [6.45, 7) is 7.26. The topological polar surface area (TPSA) is 107 Å². The standard InChI is InChI=1S/C28H40N2O5/c1-4-5-6-23-10-11-24(35-23)9-7-21-8-12-26(32)28(13-21)34-18-27(33)25-14-22(17-30-25)19(2)15-29-16-20(3)31/h8,10-14,17,19-20,23,27,29,31,33,35H,4-7,9,15-16,18H2,1-3H3/p+1. The van der Waals surface area contributed by atoms with Crippen LogP contribution in [-0.2, 0) is 6.42 Å². The summed E-state index contributed by atoms with van der Waals surface area (Å²) in [5.74, 6) is 1.62. The molecule has 4 atom stereocenters. The number of aliphatic hydroxyl groups is 4. The maximum absolute atomic E-state index is 10.6. The van der Waals surface area contributed by atoms with Gasteiger partial charge in [-0.15, -0.1) is 17.1 Å². The normalized spacial score (nSPS) is 19.8. The van der Waals surface area contributed by atoms with Crippen molar-refractivity contribution in [3.63, 3.8) is 0 Å². The summed E-state index contributed by atoms with van der Waals surface area (Å²) < 4.78 is 10.5. The van der Waals surface area contributed by atoms with Gasteiger partial charge in [-0.25, -0.2) is 0 Å². The second-order valence-corrected chi connectivity index (χ2v) is 9.55. The molecule has 2 aliphatic rings. The van der Waals surface area contributed by atoms with Crippen LogP contribution in [0.15, 0.2) is 47.1 Å². The molecule has 2 aliphatic heterocycles. The van der Waals surface area contributed by atoms with Gasteiger partial charge in [0.1, 0.15) is 30.9 Å². The summed E-state index contributed by atoms with van der Waals surface area (Å²) >= 11 is 0. The molecule has 0 radical (unpaired) electrons. The van der Waals surface area contributed by atoms with Gasteiger partial charge in [-0.3, -0.25) is 0 Å². The third-order valence-electron chi connectivity index (χ3n) is 6.26. The quantitative estimate of drug-likeness (QED) is 0.225. The molecule has 3 rings (SSSR count). The zero-order chi connectivity index (χ0) is 25.2. The molecule has 0 amide bonds. The predicted octanol–water partition coefficient (Wildman–Crippen LogP) is 3.40. The first-order chi connectivity index (χ1) is 16.9. The van der Waals surface area contributed by atoms with Gasteiger partial charge < -0.3 is 30.1 Å². The second-order valence-electron chi connectivity index (χ2n) is 9.55. The summed E-state index contributed by atoms with van der Waals surface area (Å²) in [4.78, 5) is 4.34. The molecule has 7 heteroatoms. The molecule has 35 heavy (non-hydrogen) atoms. The molecule has 4 unspecified atom stereocenters. The molecule has 0 saturated carbocycles. The maximum Gasteiger partial charge on any atom is 0.207 e. The Bertz CT molecular complexity index is 882. The Kier molecular flexibility index (Phi) is 10.5. The number of hydrogen-bond acceptors (Lipinski definition) is 6. The summed E-state index contributed by atoms with van der Waals surface area (Å²) in [7, 11) is 0. The molecule has 1 aromatic rings. The average molecular weight is 486 g/mol. The van der Waals surface area contributed by atoms with Crippen LogP contribution in [0.2, 0.25) is 0 Å². The highest BCUT2D eigenvalue weighted by molar-refractivity contribution is 5.83. The van der Waals surface area contributed by atoms with E-state index in [1.165, 1.54) is 12.8 Å². The van der Waals surface area contributed by atoms with E-state index in [1.54, 1.807) is 19.2 Å². The van der Waals surface area contributed by atoms with Gasteiger partial charge in [0.15, 0.2) is 17.6 Å². The number of rotatable bonds is 15. The van der Waals surface area contributed by atoms with E-state index in [4.69, 9.17) is 9.47 Å². The van der Waals surface area contributed by atoms with Crippen LogP contribution in [0.4, 0.5) is 0 Å². The van der Waals surface area contributed by atoms with E-state index in [2.05, 4.69) is 36.3 Å². The number of aliphatic imine (C=N–C) groups is 1. The molecule has 0 aliphatic carbocycles. The number of ether oxygens (including phenoxy) is 2. The SMILES string of the molecule is CCCCC1C=C[C-](CCc2ccc(O)c(OCC(O)C3=C[C+](C(C)CNCC(C)O)C=N3)c2)[OH+]1. The molecule has 2 heterocycles. The lowest BCUT2D eigenvalue weighted by atomic mass is 9.95. The van der Waals surface area contributed by atoms with Gasteiger partial charge in [-0.2, -0.15) is 0 Å². The minimum atomic E-state index is -0.900. The number of allylic oxidation sites excluding steroid dienone is 1. The van der Waals surface area contributed by atoms with E-state index in [0.717, 1.165) is 36.8 Å². The third-order valence-corrected chi connectivity index (χ3v) is 6.26. The monoisotopic (exact) mass is 485 g/mol. The Morgan fingerprint density at radius 3 is 2.86 bits per heavy atom. The van der Waals surface area contributed by atoms with Crippen LogP contribution in [0, 0.1) is 17.9 Å². The van der Waals surface area contributed by atoms with Crippen molar-refractivity contribution in [1.82, 2.24) is 5.32 Å². The van der Waals surface area contributed by atoms with E-state index < -0.39 is 6.10 Å². The van der Waals surface area contributed by atoms with Gasteiger partial charge in [-0.1, -0.05) is 19.4 Å². The Hall–Kier alpha value is -2.45. The summed E-state index contributed by atoms with van der Waals surface area (Å²) in [5.41, 5.74) is 1.59. The number of phenols is 1. The fraction of sp³-hybridized carbons (Fsp3) is 0.536. The number of unbranched alkanes of at least 4 members (excludes halogenated alkanes) is 1. The first-order valence-corrected chi connectivity index (χ1v) is 12.7. The van der Waals surface area contributed by atoms with Gasteiger partial charge in [0.25, 0.3) is 0 Å². The third kappa shape index (κ3) is 8.61. The van der Waals surface area contributed by atoms with E-state index in [1.807, 2.05) is 18.2 Å². The van der Waals surface area contributed by atoms with Gasteiger partial charge in [-0.05, 0) is 50.8 Å². The molecular weight excluding hydrogens is 444 g/mol. The molecule has 0 saturated heterocycles. The van der Waals surface area contributed by atoms with Gasteiger partial charge >= 0.3 is 0 Å². The van der Waals surface area contributed by atoms with Crippen molar-refractivity contribution in [2.75, 3.05) is 19.7 Å². The van der Waals surface area contributed by atoms with Crippen molar-refractivity contribution in [2.24, 2.45) is 10.9 Å². The lowest BCUT2D eigenvalue weighted by molar-refractivity contribution is -0.0480. The van der Waals surface area contributed by atoms with Crippen LogP contribution in [0.1, 0.15) is 52.0 Å². The highest BCUT2D eigenvalue weighted by Crippen LogP contribution is 2.30. The molecular formula is C28H41N2O5+.